The van der Waals surface area contributed by atoms with Crippen LogP contribution >= 0.6 is 0 Å². The molecule has 1 aromatic heterocycles. The lowest BCUT2D eigenvalue weighted by molar-refractivity contribution is 0.0698. The third-order valence-electron chi connectivity index (χ3n) is 4.05. The Hall–Kier alpha value is -1.84. The minimum atomic E-state index is -0.875. The lowest BCUT2D eigenvalue weighted by Gasteiger charge is -2.20. The minimum Gasteiger partial charge on any atom is -0.478 e. The molecule has 112 valence electrons. The number of aryl methyl sites for hydroxylation is 1. The number of rotatable bonds is 4. The quantitative estimate of drug-likeness (QED) is 0.922. The second kappa shape index (κ2) is 4.86. The van der Waals surface area contributed by atoms with Crippen LogP contribution in [-0.2, 0) is 6.54 Å². The van der Waals surface area contributed by atoms with Crippen LogP contribution in [0.15, 0.2) is 18.2 Å². The van der Waals surface area contributed by atoms with Gasteiger partial charge in [0.05, 0.1) is 16.6 Å². The molecule has 0 spiro atoms. The first-order chi connectivity index (χ1) is 9.87. The second-order valence-corrected chi connectivity index (χ2v) is 7.19. The van der Waals surface area contributed by atoms with Gasteiger partial charge < -0.3 is 9.67 Å². The van der Waals surface area contributed by atoms with E-state index in [0.29, 0.717) is 11.5 Å². The van der Waals surface area contributed by atoms with Gasteiger partial charge in [-0.2, -0.15) is 0 Å². The molecule has 0 amide bonds. The minimum absolute atomic E-state index is 0.218. The molecule has 1 aliphatic carbocycles. The van der Waals surface area contributed by atoms with Crippen molar-refractivity contribution >= 4 is 17.0 Å². The number of benzene rings is 1. The number of nitrogens with zero attached hydrogens (tertiary/aromatic N) is 2. The maximum atomic E-state index is 11.5. The fourth-order valence-electron chi connectivity index (χ4n) is 2.70. The molecular weight excluding hydrogens is 264 g/mol. The van der Waals surface area contributed by atoms with Crippen molar-refractivity contribution in [2.24, 2.45) is 5.41 Å². The molecule has 1 fully saturated rings. The molecule has 4 heteroatoms. The molecule has 0 atom stereocenters. The third-order valence-corrected chi connectivity index (χ3v) is 4.05. The first kappa shape index (κ1) is 14.1. The molecule has 4 nitrogen and oxygen atoms in total. The molecule has 1 saturated carbocycles. The summed E-state index contributed by atoms with van der Waals surface area (Å²) in [6.07, 6.45) is 3.34. The number of hydrogen-bond donors (Lipinski definition) is 1. The highest BCUT2D eigenvalue weighted by atomic mass is 16.4. The normalized spacial score (nSPS) is 15.6. The van der Waals surface area contributed by atoms with Crippen molar-refractivity contribution in [2.45, 2.75) is 52.5 Å². The van der Waals surface area contributed by atoms with Crippen molar-refractivity contribution in [3.05, 3.63) is 29.6 Å². The van der Waals surface area contributed by atoms with Gasteiger partial charge in [-0.15, -0.1) is 0 Å². The van der Waals surface area contributed by atoms with E-state index in [4.69, 9.17) is 4.98 Å². The van der Waals surface area contributed by atoms with E-state index in [2.05, 4.69) is 25.3 Å². The Morgan fingerprint density at radius 2 is 2.10 bits per heavy atom. The van der Waals surface area contributed by atoms with E-state index in [9.17, 15) is 9.90 Å². The summed E-state index contributed by atoms with van der Waals surface area (Å²) in [7, 11) is 0. The van der Waals surface area contributed by atoms with Crippen LogP contribution in [0, 0.1) is 5.41 Å². The van der Waals surface area contributed by atoms with E-state index < -0.39 is 5.97 Å². The SMILES string of the molecule is CC(C)(C)CCn1c(C2CC2)nc2cccc(C(=O)O)c21. The Morgan fingerprint density at radius 1 is 1.38 bits per heavy atom. The molecule has 21 heavy (non-hydrogen) atoms. The molecule has 1 aliphatic rings. The summed E-state index contributed by atoms with van der Waals surface area (Å²) in [5, 5.41) is 9.46. The van der Waals surface area contributed by atoms with Crippen LogP contribution in [0.2, 0.25) is 0 Å². The van der Waals surface area contributed by atoms with Crippen molar-refractivity contribution in [3.8, 4) is 0 Å². The standard InChI is InChI=1S/C17H22N2O2/c1-17(2,3)9-10-19-14-12(16(20)21)5-4-6-13(14)18-15(19)11-7-8-11/h4-6,11H,7-10H2,1-3H3,(H,20,21). The van der Waals surface area contributed by atoms with Crippen LogP contribution in [0.3, 0.4) is 0 Å². The van der Waals surface area contributed by atoms with E-state index in [1.165, 1.54) is 12.8 Å². The summed E-state index contributed by atoms with van der Waals surface area (Å²) in [6, 6.07) is 5.38. The zero-order valence-electron chi connectivity index (χ0n) is 12.9. The number of carboxylic acids is 1. The van der Waals surface area contributed by atoms with Gasteiger partial charge in [0, 0.05) is 12.5 Å². The van der Waals surface area contributed by atoms with Gasteiger partial charge in [0.2, 0.25) is 0 Å². The first-order valence-electron chi connectivity index (χ1n) is 7.59. The molecule has 1 aromatic carbocycles. The average Bonchev–Trinajstić information content (AvgIpc) is 3.16. The highest BCUT2D eigenvalue weighted by Gasteiger charge is 2.31. The number of carbonyl (C=O) groups is 1. The Labute approximate surface area is 124 Å². The van der Waals surface area contributed by atoms with E-state index >= 15 is 0 Å². The molecule has 1 N–H and O–H groups in total. The number of imidazole rings is 1. The summed E-state index contributed by atoms with van der Waals surface area (Å²) in [4.78, 5) is 16.2. The zero-order valence-corrected chi connectivity index (χ0v) is 12.9. The summed E-state index contributed by atoms with van der Waals surface area (Å²) in [5.41, 5.74) is 2.18. The predicted molar refractivity (Wildman–Crippen MR) is 82.7 cm³/mol. The molecule has 0 radical (unpaired) electrons. The van der Waals surface area contributed by atoms with E-state index in [1.807, 2.05) is 6.07 Å². The van der Waals surface area contributed by atoms with Crippen molar-refractivity contribution in [1.82, 2.24) is 9.55 Å². The Morgan fingerprint density at radius 3 is 2.67 bits per heavy atom. The smallest absolute Gasteiger partial charge is 0.337 e. The van der Waals surface area contributed by atoms with Gasteiger partial charge >= 0.3 is 5.97 Å². The third kappa shape index (κ3) is 2.80. The summed E-state index contributed by atoms with van der Waals surface area (Å²) >= 11 is 0. The highest BCUT2D eigenvalue weighted by Crippen LogP contribution is 2.41. The van der Waals surface area contributed by atoms with Crippen LogP contribution in [0.1, 0.15) is 62.1 Å². The lowest BCUT2D eigenvalue weighted by atomic mass is 9.92. The number of para-hydroxylation sites is 1. The zero-order chi connectivity index (χ0) is 15.2. The van der Waals surface area contributed by atoms with Crippen molar-refractivity contribution in [1.29, 1.82) is 0 Å². The number of fused-ring (bicyclic) bond motifs is 1. The van der Waals surface area contributed by atoms with Crippen LogP contribution in [0.25, 0.3) is 11.0 Å². The molecule has 1 heterocycles. The molecule has 0 saturated heterocycles. The van der Waals surface area contributed by atoms with Crippen LogP contribution in [-0.4, -0.2) is 20.6 Å². The van der Waals surface area contributed by atoms with E-state index in [1.54, 1.807) is 12.1 Å². The van der Waals surface area contributed by atoms with Gasteiger partial charge in [-0.3, -0.25) is 0 Å². The van der Waals surface area contributed by atoms with Gasteiger partial charge in [-0.05, 0) is 36.8 Å². The Bertz CT molecular complexity index is 691. The fraction of sp³-hybridized carbons (Fsp3) is 0.529. The fourth-order valence-corrected chi connectivity index (χ4v) is 2.70. The molecule has 3 rings (SSSR count). The van der Waals surface area contributed by atoms with Crippen molar-refractivity contribution < 1.29 is 9.90 Å². The number of aromatic carboxylic acids is 1. The molecular formula is C17H22N2O2. The van der Waals surface area contributed by atoms with E-state index in [-0.39, 0.29) is 5.41 Å². The number of carboxylic acid groups (broad SMARTS) is 1. The van der Waals surface area contributed by atoms with Gasteiger partial charge in [0.1, 0.15) is 5.82 Å². The number of hydrogen-bond acceptors (Lipinski definition) is 2. The lowest BCUT2D eigenvalue weighted by Crippen LogP contribution is -2.13. The Kier molecular flexibility index (Phi) is 3.27. The second-order valence-electron chi connectivity index (χ2n) is 7.19. The van der Waals surface area contributed by atoms with Gasteiger partial charge in [-0.1, -0.05) is 26.8 Å². The summed E-state index contributed by atoms with van der Waals surface area (Å²) in [6.45, 7) is 7.46. The largest absolute Gasteiger partial charge is 0.478 e. The summed E-state index contributed by atoms with van der Waals surface area (Å²) in [5.74, 6) is 0.710. The average molecular weight is 286 g/mol. The van der Waals surface area contributed by atoms with Crippen molar-refractivity contribution in [3.63, 3.8) is 0 Å². The number of aromatic nitrogens is 2. The molecule has 0 aliphatic heterocycles. The predicted octanol–water partition coefficient (Wildman–Crippen LogP) is 4.05. The van der Waals surface area contributed by atoms with Crippen LogP contribution in [0.5, 0.6) is 0 Å². The monoisotopic (exact) mass is 286 g/mol. The van der Waals surface area contributed by atoms with Crippen LogP contribution < -0.4 is 0 Å². The van der Waals surface area contributed by atoms with Crippen LogP contribution in [0.4, 0.5) is 0 Å². The van der Waals surface area contributed by atoms with Gasteiger partial charge in [0.15, 0.2) is 0 Å². The first-order valence-corrected chi connectivity index (χ1v) is 7.59. The molecule has 2 aromatic rings. The van der Waals surface area contributed by atoms with Crippen molar-refractivity contribution in [2.75, 3.05) is 0 Å². The topological polar surface area (TPSA) is 55.1 Å². The summed E-state index contributed by atoms with van der Waals surface area (Å²) < 4.78 is 2.15. The maximum Gasteiger partial charge on any atom is 0.337 e. The molecule has 0 bridgehead atoms. The van der Waals surface area contributed by atoms with E-state index in [0.717, 1.165) is 29.8 Å². The molecule has 0 unspecified atom stereocenters. The van der Waals surface area contributed by atoms with Gasteiger partial charge in [-0.25, -0.2) is 9.78 Å². The maximum absolute atomic E-state index is 11.5. The Balaban J connectivity index is 2.13. The highest BCUT2D eigenvalue weighted by molar-refractivity contribution is 6.01. The van der Waals surface area contributed by atoms with Gasteiger partial charge in [0.25, 0.3) is 0 Å².